The number of morpholine rings is 1. The number of nitrogens with zero attached hydrogens (tertiary/aromatic N) is 4. The minimum absolute atomic E-state index is 0.0646. The molecule has 0 saturated carbocycles. The Kier molecular flexibility index (Phi) is 8.09. The number of para-hydroxylation sites is 1. The Hall–Kier alpha value is -2.59. The van der Waals surface area contributed by atoms with Gasteiger partial charge < -0.3 is 15.0 Å². The van der Waals surface area contributed by atoms with Crippen molar-refractivity contribution in [1.29, 1.82) is 0 Å². The van der Waals surface area contributed by atoms with Crippen LogP contribution in [-0.2, 0) is 16.0 Å². The molecule has 1 aromatic carbocycles. The van der Waals surface area contributed by atoms with Gasteiger partial charge in [0.05, 0.1) is 24.7 Å². The van der Waals surface area contributed by atoms with Gasteiger partial charge in [0.15, 0.2) is 5.16 Å². The molecule has 0 bridgehead atoms. The van der Waals surface area contributed by atoms with Crippen LogP contribution in [0.3, 0.4) is 0 Å². The van der Waals surface area contributed by atoms with Gasteiger partial charge in [-0.25, -0.2) is 4.79 Å². The third-order valence-corrected chi connectivity index (χ3v) is 5.57. The van der Waals surface area contributed by atoms with Crippen LogP contribution in [0.4, 0.5) is 10.7 Å². The summed E-state index contributed by atoms with van der Waals surface area (Å²) in [6.07, 6.45) is 1.67. The molecule has 0 aliphatic carbocycles. The molecule has 1 fully saturated rings. The van der Waals surface area contributed by atoms with Crippen LogP contribution in [0.1, 0.15) is 25.8 Å². The molecular formula is C20H28N6O3S. The zero-order chi connectivity index (χ0) is 21.3. The highest BCUT2D eigenvalue weighted by Crippen LogP contribution is 2.29. The molecule has 30 heavy (non-hydrogen) atoms. The topological polar surface area (TPSA) is 101 Å². The third kappa shape index (κ3) is 5.51. The number of imide groups is 1. The number of anilines is 1. The number of thioether (sulfide) groups is 1. The number of hydrogen-bond donors (Lipinski definition) is 2. The van der Waals surface area contributed by atoms with Gasteiger partial charge in [-0.2, -0.15) is 0 Å². The van der Waals surface area contributed by atoms with Crippen LogP contribution in [0.15, 0.2) is 29.4 Å². The van der Waals surface area contributed by atoms with E-state index < -0.39 is 6.03 Å². The summed E-state index contributed by atoms with van der Waals surface area (Å²) in [4.78, 5) is 26.0. The number of aromatic nitrogens is 3. The maximum absolute atomic E-state index is 12.2. The van der Waals surface area contributed by atoms with E-state index in [-0.39, 0.29) is 11.7 Å². The molecule has 1 aliphatic heterocycles. The minimum atomic E-state index is -0.478. The van der Waals surface area contributed by atoms with E-state index in [4.69, 9.17) is 4.74 Å². The second-order valence-electron chi connectivity index (χ2n) is 6.79. The first-order valence-electron chi connectivity index (χ1n) is 10.2. The molecule has 0 atom stereocenters. The average Bonchev–Trinajstić information content (AvgIpc) is 3.20. The van der Waals surface area contributed by atoms with Crippen molar-refractivity contribution in [2.75, 3.05) is 43.5 Å². The van der Waals surface area contributed by atoms with Gasteiger partial charge in [0.2, 0.25) is 11.9 Å². The van der Waals surface area contributed by atoms with Crippen molar-refractivity contribution in [3.05, 3.63) is 29.8 Å². The normalized spacial score (nSPS) is 13.9. The number of ether oxygens (including phenoxy) is 1. The van der Waals surface area contributed by atoms with Crippen LogP contribution in [0.2, 0.25) is 0 Å². The number of hydrogen-bond acceptors (Lipinski definition) is 7. The fourth-order valence-electron chi connectivity index (χ4n) is 3.14. The highest BCUT2D eigenvalue weighted by atomic mass is 32.2. The van der Waals surface area contributed by atoms with Gasteiger partial charge in [0.25, 0.3) is 0 Å². The highest BCUT2D eigenvalue weighted by Gasteiger charge is 2.23. The van der Waals surface area contributed by atoms with Crippen molar-refractivity contribution >= 4 is 29.6 Å². The number of benzene rings is 1. The summed E-state index contributed by atoms with van der Waals surface area (Å²) in [6.45, 7) is 7.32. The first-order valence-corrected chi connectivity index (χ1v) is 11.2. The largest absolute Gasteiger partial charge is 0.378 e. The summed E-state index contributed by atoms with van der Waals surface area (Å²) >= 11 is 1.26. The minimum Gasteiger partial charge on any atom is -0.378 e. The lowest BCUT2D eigenvalue weighted by Crippen LogP contribution is -2.40. The monoisotopic (exact) mass is 432 g/mol. The Morgan fingerprint density at radius 1 is 1.17 bits per heavy atom. The van der Waals surface area contributed by atoms with E-state index in [9.17, 15) is 9.59 Å². The lowest BCUT2D eigenvalue weighted by atomic mass is 10.1. The smallest absolute Gasteiger partial charge is 0.321 e. The highest BCUT2D eigenvalue weighted by molar-refractivity contribution is 7.99. The van der Waals surface area contributed by atoms with Gasteiger partial charge in [0.1, 0.15) is 0 Å². The van der Waals surface area contributed by atoms with Crippen LogP contribution < -0.4 is 15.5 Å². The second kappa shape index (κ2) is 11.0. The Morgan fingerprint density at radius 3 is 2.67 bits per heavy atom. The molecule has 1 aliphatic rings. The molecule has 2 N–H and O–H groups in total. The van der Waals surface area contributed by atoms with Gasteiger partial charge in [0, 0.05) is 19.6 Å². The second-order valence-corrected chi connectivity index (χ2v) is 7.73. The fourth-order valence-corrected chi connectivity index (χ4v) is 3.88. The number of rotatable bonds is 8. The number of aryl methyl sites for hydroxylation is 1. The quantitative estimate of drug-likeness (QED) is 0.615. The fraction of sp³-hybridized carbons (Fsp3) is 0.500. The molecule has 2 heterocycles. The molecule has 10 heteroatoms. The molecule has 1 aromatic heterocycles. The maximum Gasteiger partial charge on any atom is 0.321 e. The molecule has 0 unspecified atom stereocenters. The zero-order valence-corrected chi connectivity index (χ0v) is 18.2. The van der Waals surface area contributed by atoms with E-state index in [1.54, 1.807) is 0 Å². The van der Waals surface area contributed by atoms with Gasteiger partial charge in [-0.15, -0.1) is 10.2 Å². The van der Waals surface area contributed by atoms with E-state index in [1.165, 1.54) is 11.8 Å². The predicted octanol–water partition coefficient (Wildman–Crippen LogP) is 1.99. The van der Waals surface area contributed by atoms with Gasteiger partial charge >= 0.3 is 6.03 Å². The molecule has 9 nitrogen and oxygen atoms in total. The molecular weight excluding hydrogens is 404 g/mol. The Balaban J connectivity index is 1.81. The number of amides is 3. The number of nitrogens with one attached hydrogen (secondary N) is 2. The molecule has 2 aromatic rings. The lowest BCUT2D eigenvalue weighted by molar-refractivity contribution is -0.117. The molecule has 3 rings (SSSR count). The van der Waals surface area contributed by atoms with Crippen molar-refractivity contribution in [3.63, 3.8) is 0 Å². The molecule has 1 saturated heterocycles. The zero-order valence-electron chi connectivity index (χ0n) is 17.4. The third-order valence-electron chi connectivity index (χ3n) is 4.64. The van der Waals surface area contributed by atoms with Crippen LogP contribution in [0.5, 0.6) is 0 Å². The van der Waals surface area contributed by atoms with Crippen molar-refractivity contribution in [2.24, 2.45) is 0 Å². The van der Waals surface area contributed by atoms with Gasteiger partial charge in [-0.05, 0) is 24.5 Å². The van der Waals surface area contributed by atoms with E-state index in [0.717, 1.165) is 43.1 Å². The number of urea groups is 1. The first kappa shape index (κ1) is 22.1. The van der Waals surface area contributed by atoms with Crippen molar-refractivity contribution in [3.8, 4) is 5.69 Å². The van der Waals surface area contributed by atoms with Crippen molar-refractivity contribution in [1.82, 2.24) is 25.4 Å². The van der Waals surface area contributed by atoms with Crippen molar-refractivity contribution in [2.45, 2.75) is 31.8 Å². The van der Waals surface area contributed by atoms with Crippen LogP contribution in [0.25, 0.3) is 5.69 Å². The number of carbonyl (C=O) groups is 2. The summed E-state index contributed by atoms with van der Waals surface area (Å²) in [7, 11) is 0. The van der Waals surface area contributed by atoms with E-state index in [0.29, 0.717) is 24.9 Å². The molecule has 3 amide bonds. The summed E-state index contributed by atoms with van der Waals surface area (Å²) in [5.74, 6) is 0.428. The lowest BCUT2D eigenvalue weighted by Gasteiger charge is -2.28. The summed E-state index contributed by atoms with van der Waals surface area (Å²) in [5, 5.41) is 14.4. The Morgan fingerprint density at radius 2 is 1.93 bits per heavy atom. The summed E-state index contributed by atoms with van der Waals surface area (Å²) < 4.78 is 7.47. The summed E-state index contributed by atoms with van der Waals surface area (Å²) in [6, 6.07) is 7.63. The van der Waals surface area contributed by atoms with Crippen LogP contribution >= 0.6 is 11.8 Å². The van der Waals surface area contributed by atoms with E-state index >= 15 is 0 Å². The molecule has 162 valence electrons. The Labute approximate surface area is 180 Å². The average molecular weight is 433 g/mol. The standard InChI is InChI=1S/C20H28N6O3S/c1-3-9-21-18(28)22-17(27)14-30-20-24-23-19(25-10-12-29-13-11-25)26(20)16-8-6-5-7-15(16)4-2/h5-8H,3-4,9-14H2,1-2H3,(H2,21,22,27,28). The molecule has 0 radical (unpaired) electrons. The SMILES string of the molecule is CCCNC(=O)NC(=O)CSc1nnc(N2CCOCC2)n1-c1ccccc1CC. The van der Waals surface area contributed by atoms with Gasteiger partial charge in [-0.3, -0.25) is 14.7 Å². The van der Waals surface area contributed by atoms with Crippen molar-refractivity contribution < 1.29 is 14.3 Å². The van der Waals surface area contributed by atoms with E-state index in [2.05, 4.69) is 38.7 Å². The summed E-state index contributed by atoms with van der Waals surface area (Å²) in [5.41, 5.74) is 2.16. The maximum atomic E-state index is 12.2. The van der Waals surface area contributed by atoms with Crippen LogP contribution in [0, 0.1) is 0 Å². The Bertz CT molecular complexity index is 866. The molecule has 0 spiro atoms. The van der Waals surface area contributed by atoms with Gasteiger partial charge in [-0.1, -0.05) is 43.8 Å². The first-order chi connectivity index (χ1) is 14.6. The van der Waals surface area contributed by atoms with E-state index in [1.807, 2.05) is 29.7 Å². The number of carbonyl (C=O) groups excluding carboxylic acids is 2. The predicted molar refractivity (Wildman–Crippen MR) is 116 cm³/mol. The van der Waals surface area contributed by atoms with Crippen LogP contribution in [-0.4, -0.2) is 65.3 Å².